The Bertz CT molecular complexity index is 477. The number of nitrogens with one attached hydrogen (secondary N) is 1. The molecule has 0 aromatic carbocycles. The van der Waals surface area contributed by atoms with Crippen LogP contribution in [0, 0.1) is 0 Å². The van der Waals surface area contributed by atoms with E-state index < -0.39 is 18.6 Å². The third-order valence-corrected chi connectivity index (χ3v) is 2.86. The Morgan fingerprint density at radius 2 is 1.90 bits per heavy atom. The highest BCUT2D eigenvalue weighted by Gasteiger charge is 2.28. The SMILES string of the molecule is CN(CCCNC(=O)c1cc(Cl)nc(Cl)c1)CC(F)(F)F. The number of aromatic nitrogens is 1. The highest BCUT2D eigenvalue weighted by Crippen LogP contribution is 2.16. The van der Waals surface area contributed by atoms with Crippen molar-refractivity contribution in [2.24, 2.45) is 0 Å². The Labute approximate surface area is 130 Å². The van der Waals surface area contributed by atoms with E-state index in [2.05, 4.69) is 10.3 Å². The van der Waals surface area contributed by atoms with Crippen LogP contribution >= 0.6 is 23.2 Å². The van der Waals surface area contributed by atoms with Crippen molar-refractivity contribution in [3.05, 3.63) is 28.0 Å². The molecule has 4 nitrogen and oxygen atoms in total. The summed E-state index contributed by atoms with van der Waals surface area (Å²) in [7, 11) is 1.37. The molecule has 0 saturated heterocycles. The second kappa shape index (κ2) is 7.82. The maximum atomic E-state index is 12.1. The number of hydrogen-bond acceptors (Lipinski definition) is 3. The lowest BCUT2D eigenvalue weighted by Crippen LogP contribution is -2.33. The largest absolute Gasteiger partial charge is 0.401 e. The summed E-state index contributed by atoms with van der Waals surface area (Å²) in [5, 5.41) is 2.77. The fourth-order valence-corrected chi connectivity index (χ4v) is 2.09. The maximum absolute atomic E-state index is 12.1. The minimum absolute atomic E-state index is 0.0950. The molecule has 0 aliphatic rings. The third kappa shape index (κ3) is 7.50. The molecule has 118 valence electrons. The van der Waals surface area contributed by atoms with Crippen molar-refractivity contribution < 1.29 is 18.0 Å². The molecule has 1 amide bonds. The van der Waals surface area contributed by atoms with Gasteiger partial charge in [0.25, 0.3) is 5.91 Å². The van der Waals surface area contributed by atoms with Gasteiger partial charge in [-0.05, 0) is 32.1 Å². The van der Waals surface area contributed by atoms with Gasteiger partial charge in [-0.2, -0.15) is 13.2 Å². The lowest BCUT2D eigenvalue weighted by Gasteiger charge is -2.18. The van der Waals surface area contributed by atoms with E-state index in [1.807, 2.05) is 0 Å². The summed E-state index contributed by atoms with van der Waals surface area (Å²) >= 11 is 11.3. The first-order valence-electron chi connectivity index (χ1n) is 6.04. The number of carbonyl (C=O) groups is 1. The van der Waals surface area contributed by atoms with E-state index in [0.717, 1.165) is 4.90 Å². The first-order valence-corrected chi connectivity index (χ1v) is 6.79. The third-order valence-electron chi connectivity index (χ3n) is 2.48. The molecule has 1 heterocycles. The van der Waals surface area contributed by atoms with Crippen molar-refractivity contribution in [1.82, 2.24) is 15.2 Å². The van der Waals surface area contributed by atoms with Crippen LogP contribution in [0.5, 0.6) is 0 Å². The highest BCUT2D eigenvalue weighted by atomic mass is 35.5. The topological polar surface area (TPSA) is 45.2 Å². The number of hydrogen-bond donors (Lipinski definition) is 1. The minimum Gasteiger partial charge on any atom is -0.352 e. The number of carbonyl (C=O) groups excluding carboxylic acids is 1. The van der Waals surface area contributed by atoms with Gasteiger partial charge in [-0.1, -0.05) is 23.2 Å². The number of nitrogens with zero attached hydrogens (tertiary/aromatic N) is 2. The molecule has 0 radical (unpaired) electrons. The molecule has 0 spiro atoms. The maximum Gasteiger partial charge on any atom is 0.401 e. The summed E-state index contributed by atoms with van der Waals surface area (Å²) in [5.74, 6) is -0.403. The number of amides is 1. The Morgan fingerprint density at radius 1 is 1.33 bits per heavy atom. The zero-order valence-electron chi connectivity index (χ0n) is 11.2. The van der Waals surface area contributed by atoms with Gasteiger partial charge < -0.3 is 5.32 Å². The van der Waals surface area contributed by atoms with E-state index in [4.69, 9.17) is 23.2 Å². The van der Waals surface area contributed by atoms with E-state index in [9.17, 15) is 18.0 Å². The van der Waals surface area contributed by atoms with Crippen LogP contribution in [-0.2, 0) is 0 Å². The van der Waals surface area contributed by atoms with E-state index in [-0.39, 0.29) is 29.0 Å². The van der Waals surface area contributed by atoms with Crippen molar-refractivity contribution in [2.45, 2.75) is 12.6 Å². The van der Waals surface area contributed by atoms with Crippen molar-refractivity contribution in [3.8, 4) is 0 Å². The zero-order valence-corrected chi connectivity index (χ0v) is 12.7. The number of alkyl halides is 3. The van der Waals surface area contributed by atoms with Crippen molar-refractivity contribution in [3.63, 3.8) is 0 Å². The first kappa shape index (κ1) is 18.0. The Balaban J connectivity index is 2.34. The van der Waals surface area contributed by atoms with Crippen molar-refractivity contribution in [1.29, 1.82) is 0 Å². The summed E-state index contributed by atoms with van der Waals surface area (Å²) in [6, 6.07) is 2.72. The Hall–Kier alpha value is -1.05. The molecule has 0 bridgehead atoms. The van der Waals surface area contributed by atoms with Crippen LogP contribution in [0.4, 0.5) is 13.2 Å². The molecule has 1 aromatic heterocycles. The second-order valence-corrected chi connectivity index (χ2v) is 5.24. The lowest BCUT2D eigenvalue weighted by atomic mass is 10.2. The van der Waals surface area contributed by atoms with Gasteiger partial charge in [0.15, 0.2) is 0 Å². The monoisotopic (exact) mass is 343 g/mol. The lowest BCUT2D eigenvalue weighted by molar-refractivity contribution is -0.143. The standard InChI is InChI=1S/C12H14Cl2F3N3O/c1-20(7-12(15,16)17)4-2-3-18-11(21)8-5-9(13)19-10(14)6-8/h5-6H,2-4,7H2,1H3,(H,18,21). The molecule has 21 heavy (non-hydrogen) atoms. The van der Waals surface area contributed by atoms with Crippen LogP contribution in [0.1, 0.15) is 16.8 Å². The van der Waals surface area contributed by atoms with E-state index in [1.54, 1.807) is 0 Å². The summed E-state index contributed by atoms with van der Waals surface area (Å²) < 4.78 is 36.3. The van der Waals surface area contributed by atoms with Gasteiger partial charge in [-0.3, -0.25) is 9.69 Å². The van der Waals surface area contributed by atoms with Crippen LogP contribution in [-0.4, -0.2) is 48.6 Å². The van der Waals surface area contributed by atoms with Gasteiger partial charge in [0, 0.05) is 12.1 Å². The van der Waals surface area contributed by atoms with Gasteiger partial charge in [-0.25, -0.2) is 4.98 Å². The molecule has 0 atom stereocenters. The molecule has 0 fully saturated rings. The highest BCUT2D eigenvalue weighted by molar-refractivity contribution is 6.33. The fourth-order valence-electron chi connectivity index (χ4n) is 1.63. The zero-order chi connectivity index (χ0) is 16.0. The quantitative estimate of drug-likeness (QED) is 0.637. The van der Waals surface area contributed by atoms with Gasteiger partial charge in [-0.15, -0.1) is 0 Å². The molecule has 0 unspecified atom stereocenters. The average Bonchev–Trinajstić information content (AvgIpc) is 2.31. The molecule has 9 heteroatoms. The molecule has 1 aromatic rings. The molecule has 0 aliphatic carbocycles. The minimum atomic E-state index is -4.22. The smallest absolute Gasteiger partial charge is 0.352 e. The number of pyridine rings is 1. The molecule has 0 aliphatic heterocycles. The number of rotatable bonds is 6. The predicted octanol–water partition coefficient (Wildman–Crippen LogP) is 3.00. The Kier molecular flexibility index (Phi) is 6.70. The summed E-state index contributed by atoms with van der Waals surface area (Å²) in [4.78, 5) is 16.6. The summed E-state index contributed by atoms with van der Waals surface area (Å²) in [5.41, 5.74) is 0.253. The van der Waals surface area contributed by atoms with Crippen LogP contribution in [0.2, 0.25) is 10.3 Å². The Morgan fingerprint density at radius 3 is 2.43 bits per heavy atom. The van der Waals surface area contributed by atoms with Gasteiger partial charge in [0.2, 0.25) is 0 Å². The van der Waals surface area contributed by atoms with Crippen molar-refractivity contribution in [2.75, 3.05) is 26.7 Å². The average molecular weight is 344 g/mol. The van der Waals surface area contributed by atoms with Gasteiger partial charge in [0.05, 0.1) is 6.54 Å². The van der Waals surface area contributed by atoms with Crippen LogP contribution < -0.4 is 5.32 Å². The first-order chi connectivity index (χ1) is 9.67. The molecular weight excluding hydrogens is 330 g/mol. The summed E-state index contributed by atoms with van der Waals surface area (Å²) in [6.45, 7) is -0.507. The van der Waals surface area contributed by atoms with Crippen LogP contribution in [0.3, 0.4) is 0 Å². The van der Waals surface area contributed by atoms with Crippen molar-refractivity contribution >= 4 is 29.1 Å². The number of halogens is 5. The molecule has 0 saturated carbocycles. The van der Waals surface area contributed by atoms with Crippen LogP contribution in [0.15, 0.2) is 12.1 Å². The fraction of sp³-hybridized carbons (Fsp3) is 0.500. The predicted molar refractivity (Wildman–Crippen MR) is 74.8 cm³/mol. The molecular formula is C12H14Cl2F3N3O. The van der Waals surface area contributed by atoms with E-state index in [1.165, 1.54) is 19.2 Å². The normalized spacial score (nSPS) is 11.8. The second-order valence-electron chi connectivity index (χ2n) is 4.46. The van der Waals surface area contributed by atoms with E-state index in [0.29, 0.717) is 6.42 Å². The van der Waals surface area contributed by atoms with Gasteiger partial charge in [0.1, 0.15) is 10.3 Å². The molecule has 1 N–H and O–H groups in total. The summed E-state index contributed by atoms with van der Waals surface area (Å²) in [6.07, 6.45) is -3.83. The van der Waals surface area contributed by atoms with Gasteiger partial charge >= 0.3 is 6.18 Å². The van der Waals surface area contributed by atoms with E-state index >= 15 is 0 Å². The van der Waals surface area contributed by atoms with Crippen LogP contribution in [0.25, 0.3) is 0 Å². The molecule has 1 rings (SSSR count).